The SMILES string of the molecule is COCCNCc1cnn(Cc2ccc(Br)cc2Cl)c1C. The molecule has 4 nitrogen and oxygen atoms in total. The van der Waals surface area contributed by atoms with Crippen LogP contribution in [0.4, 0.5) is 0 Å². The number of methoxy groups -OCH3 is 1. The highest BCUT2D eigenvalue weighted by atomic mass is 79.9. The topological polar surface area (TPSA) is 39.1 Å². The van der Waals surface area contributed by atoms with E-state index in [0.29, 0.717) is 13.2 Å². The molecule has 2 rings (SSSR count). The summed E-state index contributed by atoms with van der Waals surface area (Å²) in [5, 5.41) is 8.53. The summed E-state index contributed by atoms with van der Waals surface area (Å²) in [6.07, 6.45) is 1.90. The van der Waals surface area contributed by atoms with Crippen LogP contribution < -0.4 is 5.32 Å². The normalized spacial score (nSPS) is 11.0. The van der Waals surface area contributed by atoms with Crippen LogP contribution in [0.1, 0.15) is 16.8 Å². The van der Waals surface area contributed by atoms with Gasteiger partial charge in [-0.3, -0.25) is 4.68 Å². The maximum atomic E-state index is 6.26. The smallest absolute Gasteiger partial charge is 0.0677 e. The first-order valence-corrected chi connectivity index (χ1v) is 7.93. The fraction of sp³-hybridized carbons (Fsp3) is 0.400. The van der Waals surface area contributed by atoms with E-state index in [0.717, 1.165) is 33.8 Å². The number of hydrogen-bond donors (Lipinski definition) is 1. The monoisotopic (exact) mass is 371 g/mol. The predicted octanol–water partition coefficient (Wildman–Crippen LogP) is 3.39. The standard InChI is InChI=1S/C15H19BrClN3O/c1-11-13(8-18-5-6-21-2)9-19-20(11)10-12-3-4-14(16)7-15(12)17/h3-4,7,9,18H,5-6,8,10H2,1-2H3. The molecule has 1 aromatic heterocycles. The molecule has 1 aromatic carbocycles. The Labute approximate surface area is 138 Å². The summed E-state index contributed by atoms with van der Waals surface area (Å²) in [4.78, 5) is 0. The minimum Gasteiger partial charge on any atom is -0.383 e. The summed E-state index contributed by atoms with van der Waals surface area (Å²) in [6, 6.07) is 5.92. The second-order valence-corrected chi connectivity index (χ2v) is 6.14. The van der Waals surface area contributed by atoms with Crippen LogP contribution in [0.5, 0.6) is 0 Å². The number of nitrogens with zero attached hydrogens (tertiary/aromatic N) is 2. The number of ether oxygens (including phenoxy) is 1. The molecule has 114 valence electrons. The van der Waals surface area contributed by atoms with Crippen molar-refractivity contribution in [1.82, 2.24) is 15.1 Å². The lowest BCUT2D eigenvalue weighted by Crippen LogP contribution is -2.19. The van der Waals surface area contributed by atoms with E-state index in [1.54, 1.807) is 7.11 Å². The van der Waals surface area contributed by atoms with Crippen LogP contribution in [0.15, 0.2) is 28.9 Å². The minimum atomic E-state index is 0.677. The van der Waals surface area contributed by atoms with E-state index in [1.807, 2.05) is 29.1 Å². The third kappa shape index (κ3) is 4.54. The maximum absolute atomic E-state index is 6.26. The van der Waals surface area contributed by atoms with Crippen LogP contribution in [0, 0.1) is 6.92 Å². The second kappa shape index (κ2) is 7.94. The van der Waals surface area contributed by atoms with Gasteiger partial charge in [0, 0.05) is 41.0 Å². The highest BCUT2D eigenvalue weighted by Crippen LogP contribution is 2.22. The molecule has 0 unspecified atom stereocenters. The van der Waals surface area contributed by atoms with Gasteiger partial charge in [-0.25, -0.2) is 0 Å². The van der Waals surface area contributed by atoms with Crippen molar-refractivity contribution >= 4 is 27.5 Å². The molecule has 1 N–H and O–H groups in total. The molecule has 0 aliphatic heterocycles. The van der Waals surface area contributed by atoms with Gasteiger partial charge in [0.05, 0.1) is 19.3 Å². The molecule has 0 saturated heterocycles. The Balaban J connectivity index is 2.02. The molecule has 0 saturated carbocycles. The lowest BCUT2D eigenvalue weighted by Gasteiger charge is -2.08. The first-order chi connectivity index (χ1) is 10.1. The van der Waals surface area contributed by atoms with Gasteiger partial charge in [-0.2, -0.15) is 5.10 Å². The largest absolute Gasteiger partial charge is 0.383 e. The molecule has 0 amide bonds. The third-order valence-corrected chi connectivity index (χ3v) is 4.18. The van der Waals surface area contributed by atoms with Gasteiger partial charge in [-0.1, -0.05) is 33.6 Å². The zero-order chi connectivity index (χ0) is 15.2. The molecule has 2 aromatic rings. The zero-order valence-corrected chi connectivity index (χ0v) is 14.5. The van der Waals surface area contributed by atoms with Gasteiger partial charge < -0.3 is 10.1 Å². The number of rotatable bonds is 7. The maximum Gasteiger partial charge on any atom is 0.0677 e. The number of nitrogens with one attached hydrogen (secondary N) is 1. The van der Waals surface area contributed by atoms with Gasteiger partial charge in [-0.05, 0) is 24.6 Å². The van der Waals surface area contributed by atoms with Crippen molar-refractivity contribution in [2.45, 2.75) is 20.0 Å². The Hall–Kier alpha value is -0.880. The van der Waals surface area contributed by atoms with Crippen molar-refractivity contribution in [1.29, 1.82) is 0 Å². The molecular weight excluding hydrogens is 354 g/mol. The number of benzene rings is 1. The molecule has 0 fully saturated rings. The second-order valence-electron chi connectivity index (χ2n) is 4.82. The summed E-state index contributed by atoms with van der Waals surface area (Å²) in [5.41, 5.74) is 3.41. The fourth-order valence-corrected chi connectivity index (χ4v) is 2.76. The van der Waals surface area contributed by atoms with Crippen LogP contribution in [0.2, 0.25) is 5.02 Å². The summed E-state index contributed by atoms with van der Waals surface area (Å²) in [5.74, 6) is 0. The summed E-state index contributed by atoms with van der Waals surface area (Å²) >= 11 is 9.68. The Kier molecular flexibility index (Phi) is 6.23. The van der Waals surface area contributed by atoms with E-state index in [2.05, 4.69) is 33.3 Å². The first-order valence-electron chi connectivity index (χ1n) is 6.76. The molecule has 6 heteroatoms. The van der Waals surface area contributed by atoms with Gasteiger partial charge >= 0.3 is 0 Å². The lowest BCUT2D eigenvalue weighted by molar-refractivity contribution is 0.199. The highest BCUT2D eigenvalue weighted by Gasteiger charge is 2.08. The Morgan fingerprint density at radius 1 is 1.38 bits per heavy atom. The number of halogens is 2. The zero-order valence-electron chi connectivity index (χ0n) is 12.2. The molecule has 0 aliphatic rings. The van der Waals surface area contributed by atoms with Crippen LogP contribution in [-0.2, 0) is 17.8 Å². The van der Waals surface area contributed by atoms with Gasteiger partial charge in [0.2, 0.25) is 0 Å². The van der Waals surface area contributed by atoms with Gasteiger partial charge in [0.1, 0.15) is 0 Å². The molecule has 0 atom stereocenters. The van der Waals surface area contributed by atoms with E-state index in [-0.39, 0.29) is 0 Å². The summed E-state index contributed by atoms with van der Waals surface area (Å²) < 4.78 is 7.97. The van der Waals surface area contributed by atoms with Crippen LogP contribution in [0.25, 0.3) is 0 Å². The van der Waals surface area contributed by atoms with Crippen molar-refractivity contribution in [3.8, 4) is 0 Å². The van der Waals surface area contributed by atoms with E-state index in [4.69, 9.17) is 16.3 Å². The molecule has 0 spiro atoms. The van der Waals surface area contributed by atoms with E-state index in [1.165, 1.54) is 5.56 Å². The third-order valence-electron chi connectivity index (χ3n) is 3.34. The lowest BCUT2D eigenvalue weighted by atomic mass is 10.2. The van der Waals surface area contributed by atoms with Crippen LogP contribution >= 0.6 is 27.5 Å². The van der Waals surface area contributed by atoms with Crippen molar-refractivity contribution in [2.75, 3.05) is 20.3 Å². The highest BCUT2D eigenvalue weighted by molar-refractivity contribution is 9.10. The minimum absolute atomic E-state index is 0.677. The molecule has 21 heavy (non-hydrogen) atoms. The Bertz CT molecular complexity index is 601. The van der Waals surface area contributed by atoms with Gasteiger partial charge in [0.15, 0.2) is 0 Å². The van der Waals surface area contributed by atoms with Crippen molar-refractivity contribution in [3.05, 3.63) is 50.7 Å². The van der Waals surface area contributed by atoms with Crippen molar-refractivity contribution < 1.29 is 4.74 Å². The Morgan fingerprint density at radius 2 is 2.19 bits per heavy atom. The fourth-order valence-electron chi connectivity index (χ4n) is 2.03. The van der Waals surface area contributed by atoms with Gasteiger partial charge in [0.25, 0.3) is 0 Å². The quantitative estimate of drug-likeness (QED) is 0.757. The van der Waals surface area contributed by atoms with Crippen molar-refractivity contribution in [2.24, 2.45) is 0 Å². The van der Waals surface area contributed by atoms with E-state index in [9.17, 15) is 0 Å². The molecule has 0 bridgehead atoms. The summed E-state index contributed by atoms with van der Waals surface area (Å²) in [6.45, 7) is 5.09. The van der Waals surface area contributed by atoms with Crippen molar-refractivity contribution in [3.63, 3.8) is 0 Å². The molecular formula is C15H19BrClN3O. The van der Waals surface area contributed by atoms with Crippen LogP contribution in [-0.4, -0.2) is 30.0 Å². The van der Waals surface area contributed by atoms with Crippen LogP contribution in [0.3, 0.4) is 0 Å². The average molecular weight is 373 g/mol. The van der Waals surface area contributed by atoms with Gasteiger partial charge in [-0.15, -0.1) is 0 Å². The van der Waals surface area contributed by atoms with E-state index >= 15 is 0 Å². The predicted molar refractivity (Wildman–Crippen MR) is 88.8 cm³/mol. The Morgan fingerprint density at radius 3 is 2.90 bits per heavy atom. The molecule has 0 radical (unpaired) electrons. The molecule has 0 aliphatic carbocycles. The number of hydrogen-bond acceptors (Lipinski definition) is 3. The first kappa shape index (κ1) is 16.5. The molecule has 1 heterocycles. The van der Waals surface area contributed by atoms with E-state index < -0.39 is 0 Å². The summed E-state index contributed by atoms with van der Waals surface area (Å²) in [7, 11) is 1.70. The number of aromatic nitrogens is 2. The average Bonchev–Trinajstić information content (AvgIpc) is 2.79.